The van der Waals surface area contributed by atoms with Crippen LogP contribution < -0.4 is 5.73 Å². The predicted molar refractivity (Wildman–Crippen MR) is 65.2 cm³/mol. The van der Waals surface area contributed by atoms with Crippen LogP contribution in [0.1, 0.15) is 37.0 Å². The van der Waals surface area contributed by atoms with Crippen molar-refractivity contribution in [2.75, 3.05) is 12.3 Å². The number of hydrogen-bond donors (Lipinski definition) is 1. The molecule has 4 heteroatoms. The minimum absolute atomic E-state index is 0.110. The Morgan fingerprint density at radius 1 is 1.47 bits per heavy atom. The maximum absolute atomic E-state index is 13.4. The van der Waals surface area contributed by atoms with Gasteiger partial charge in [-0.2, -0.15) is 0 Å². The fourth-order valence-electron chi connectivity index (χ4n) is 1.48. The quantitative estimate of drug-likeness (QED) is 0.488. The van der Waals surface area contributed by atoms with Crippen LogP contribution in [0.25, 0.3) is 0 Å². The predicted octanol–water partition coefficient (Wildman–Crippen LogP) is 3.00. The summed E-state index contributed by atoms with van der Waals surface area (Å²) >= 11 is 0. The molecule has 0 aliphatic rings. The van der Waals surface area contributed by atoms with Crippen molar-refractivity contribution in [3.8, 4) is 0 Å². The molecule has 0 radical (unpaired) electrons. The normalized spacial score (nSPS) is 10.6. The van der Waals surface area contributed by atoms with Crippen LogP contribution in [0.4, 0.5) is 10.1 Å². The van der Waals surface area contributed by atoms with E-state index in [0.717, 1.165) is 12.8 Å². The molecule has 3 nitrogen and oxygen atoms in total. The van der Waals surface area contributed by atoms with Crippen LogP contribution in [0, 0.1) is 11.7 Å². The number of carbonyl (C=O) groups excluding carboxylic acids is 1. The topological polar surface area (TPSA) is 52.3 Å². The molecule has 0 aliphatic carbocycles. The van der Waals surface area contributed by atoms with Crippen LogP contribution in [0.15, 0.2) is 18.2 Å². The number of ether oxygens (including phenoxy) is 1. The second kappa shape index (κ2) is 6.23. The van der Waals surface area contributed by atoms with Gasteiger partial charge >= 0.3 is 5.97 Å². The zero-order valence-electron chi connectivity index (χ0n) is 10.2. The second-order valence-corrected chi connectivity index (χ2v) is 4.38. The number of hydrogen-bond acceptors (Lipinski definition) is 3. The lowest BCUT2D eigenvalue weighted by atomic mass is 10.1. The molecule has 0 spiro atoms. The van der Waals surface area contributed by atoms with Gasteiger partial charge in [0.25, 0.3) is 0 Å². The van der Waals surface area contributed by atoms with E-state index in [1.807, 2.05) is 0 Å². The summed E-state index contributed by atoms with van der Waals surface area (Å²) in [5.74, 6) is -0.768. The molecule has 0 amide bonds. The number of rotatable bonds is 5. The first-order valence-corrected chi connectivity index (χ1v) is 5.73. The summed E-state index contributed by atoms with van der Waals surface area (Å²) in [5.41, 5.74) is 5.47. The summed E-state index contributed by atoms with van der Waals surface area (Å²) in [4.78, 5) is 11.6. The number of carbonyl (C=O) groups is 1. The van der Waals surface area contributed by atoms with Gasteiger partial charge in [0.1, 0.15) is 11.4 Å². The van der Waals surface area contributed by atoms with Crippen molar-refractivity contribution in [3.63, 3.8) is 0 Å². The molecule has 1 rings (SSSR count). The Kier molecular flexibility index (Phi) is 4.94. The van der Waals surface area contributed by atoms with E-state index in [0.29, 0.717) is 12.5 Å². The molecule has 2 N–H and O–H groups in total. The molecule has 1 aromatic carbocycles. The van der Waals surface area contributed by atoms with Crippen LogP contribution in [0.2, 0.25) is 0 Å². The molecular weight excluding hydrogens is 221 g/mol. The molecule has 0 unspecified atom stereocenters. The van der Waals surface area contributed by atoms with Gasteiger partial charge < -0.3 is 10.5 Å². The number of benzene rings is 1. The van der Waals surface area contributed by atoms with E-state index in [2.05, 4.69) is 13.8 Å². The molecule has 0 saturated carbocycles. The summed E-state index contributed by atoms with van der Waals surface area (Å²) in [6, 6.07) is 4.13. The molecule has 1 aromatic rings. The van der Waals surface area contributed by atoms with Gasteiger partial charge in [-0.1, -0.05) is 19.9 Å². The van der Waals surface area contributed by atoms with Crippen molar-refractivity contribution in [1.29, 1.82) is 0 Å². The van der Waals surface area contributed by atoms with E-state index in [-0.39, 0.29) is 11.3 Å². The lowest BCUT2D eigenvalue weighted by Crippen LogP contribution is -2.11. The molecular formula is C13H18FNO2. The van der Waals surface area contributed by atoms with Crippen LogP contribution in [0.3, 0.4) is 0 Å². The molecule has 0 aromatic heterocycles. The minimum Gasteiger partial charge on any atom is -0.462 e. The molecule has 0 aliphatic heterocycles. The fraction of sp³-hybridized carbons (Fsp3) is 0.462. The molecule has 0 heterocycles. The van der Waals surface area contributed by atoms with Crippen molar-refractivity contribution in [2.45, 2.75) is 26.7 Å². The number of esters is 1. The number of nitrogens with two attached hydrogens (primary N) is 1. The van der Waals surface area contributed by atoms with E-state index >= 15 is 0 Å². The summed E-state index contributed by atoms with van der Waals surface area (Å²) in [6.45, 7) is 4.48. The maximum atomic E-state index is 13.4. The standard InChI is InChI=1S/C13H18FNO2/c1-9(2)5-4-8-17-13(16)12-10(14)6-3-7-11(12)15/h3,6-7,9H,4-5,8,15H2,1-2H3. The fourth-order valence-corrected chi connectivity index (χ4v) is 1.48. The molecule has 0 atom stereocenters. The summed E-state index contributed by atoms with van der Waals surface area (Å²) in [5, 5.41) is 0. The minimum atomic E-state index is -0.690. The maximum Gasteiger partial charge on any atom is 0.343 e. The van der Waals surface area contributed by atoms with Crippen LogP contribution >= 0.6 is 0 Å². The highest BCUT2D eigenvalue weighted by atomic mass is 19.1. The zero-order chi connectivity index (χ0) is 12.8. The van der Waals surface area contributed by atoms with Crippen LogP contribution in [-0.4, -0.2) is 12.6 Å². The highest BCUT2D eigenvalue weighted by Crippen LogP contribution is 2.17. The van der Waals surface area contributed by atoms with Gasteiger partial charge in [-0.05, 0) is 30.9 Å². The lowest BCUT2D eigenvalue weighted by Gasteiger charge is -2.08. The monoisotopic (exact) mass is 239 g/mol. The lowest BCUT2D eigenvalue weighted by molar-refractivity contribution is 0.0491. The van der Waals surface area contributed by atoms with Crippen molar-refractivity contribution in [2.24, 2.45) is 5.92 Å². The molecule has 0 fully saturated rings. The Balaban J connectivity index is 2.53. The number of halogens is 1. The Morgan fingerprint density at radius 3 is 2.76 bits per heavy atom. The first kappa shape index (κ1) is 13.5. The van der Waals surface area contributed by atoms with Gasteiger partial charge in [0, 0.05) is 5.69 Å². The largest absolute Gasteiger partial charge is 0.462 e. The van der Waals surface area contributed by atoms with Crippen molar-refractivity contribution in [1.82, 2.24) is 0 Å². The Morgan fingerprint density at radius 2 is 2.18 bits per heavy atom. The van der Waals surface area contributed by atoms with E-state index < -0.39 is 11.8 Å². The van der Waals surface area contributed by atoms with E-state index in [1.165, 1.54) is 18.2 Å². The first-order valence-electron chi connectivity index (χ1n) is 5.73. The highest BCUT2D eigenvalue weighted by Gasteiger charge is 2.16. The Bertz CT molecular complexity index is 371. The third kappa shape index (κ3) is 4.06. The van der Waals surface area contributed by atoms with Crippen LogP contribution in [0.5, 0.6) is 0 Å². The van der Waals surface area contributed by atoms with Crippen molar-refractivity contribution >= 4 is 11.7 Å². The number of nitrogen functional groups attached to an aromatic ring is 1. The second-order valence-electron chi connectivity index (χ2n) is 4.38. The Hall–Kier alpha value is -1.58. The average molecular weight is 239 g/mol. The van der Waals surface area contributed by atoms with Gasteiger partial charge in [-0.15, -0.1) is 0 Å². The van der Waals surface area contributed by atoms with Gasteiger partial charge in [-0.25, -0.2) is 9.18 Å². The summed E-state index contributed by atoms with van der Waals surface area (Å²) < 4.78 is 18.3. The third-order valence-electron chi connectivity index (χ3n) is 2.41. The zero-order valence-corrected chi connectivity index (χ0v) is 10.2. The van der Waals surface area contributed by atoms with Gasteiger partial charge in [0.2, 0.25) is 0 Å². The summed E-state index contributed by atoms with van der Waals surface area (Å²) in [7, 11) is 0. The smallest absolute Gasteiger partial charge is 0.343 e. The van der Waals surface area contributed by atoms with E-state index in [1.54, 1.807) is 0 Å². The van der Waals surface area contributed by atoms with Crippen LogP contribution in [-0.2, 0) is 4.74 Å². The molecule has 17 heavy (non-hydrogen) atoms. The van der Waals surface area contributed by atoms with Gasteiger partial charge in [0.15, 0.2) is 0 Å². The number of anilines is 1. The molecule has 0 bridgehead atoms. The van der Waals surface area contributed by atoms with E-state index in [4.69, 9.17) is 10.5 Å². The Labute approximate surface area is 101 Å². The van der Waals surface area contributed by atoms with Crippen molar-refractivity contribution < 1.29 is 13.9 Å². The SMILES string of the molecule is CC(C)CCCOC(=O)c1c(N)cccc1F. The first-order chi connectivity index (χ1) is 8.02. The highest BCUT2D eigenvalue weighted by molar-refractivity contribution is 5.95. The van der Waals surface area contributed by atoms with E-state index in [9.17, 15) is 9.18 Å². The van der Waals surface area contributed by atoms with Crippen molar-refractivity contribution in [3.05, 3.63) is 29.6 Å². The molecule has 0 saturated heterocycles. The summed E-state index contributed by atoms with van der Waals surface area (Å²) in [6.07, 6.45) is 1.75. The molecule has 94 valence electrons. The van der Waals surface area contributed by atoms with Gasteiger partial charge in [-0.3, -0.25) is 0 Å². The van der Waals surface area contributed by atoms with Gasteiger partial charge in [0.05, 0.1) is 6.61 Å². The average Bonchev–Trinajstić information content (AvgIpc) is 2.24. The third-order valence-corrected chi connectivity index (χ3v) is 2.41.